The Morgan fingerprint density at radius 3 is 2.55 bits per heavy atom. The summed E-state index contributed by atoms with van der Waals surface area (Å²) in [5.41, 5.74) is 8.62. The molecule has 14 heteroatoms. The summed E-state index contributed by atoms with van der Waals surface area (Å²) >= 11 is 0. The molecular weight excluding hydrogens is 642 g/mol. The summed E-state index contributed by atoms with van der Waals surface area (Å²) in [4.78, 5) is 37.9. The lowest BCUT2D eigenvalue weighted by molar-refractivity contribution is 0.0781. The summed E-state index contributed by atoms with van der Waals surface area (Å²) in [5, 5.41) is 16.5. The lowest BCUT2D eigenvalue weighted by atomic mass is 9.97. The summed E-state index contributed by atoms with van der Waals surface area (Å²) < 4.78 is 4.00. The van der Waals surface area contributed by atoms with Crippen molar-refractivity contribution in [3.05, 3.63) is 95.6 Å². The van der Waals surface area contributed by atoms with Crippen LogP contribution < -0.4 is 15.5 Å². The van der Waals surface area contributed by atoms with E-state index in [1.54, 1.807) is 10.7 Å². The zero-order valence-corrected chi connectivity index (χ0v) is 28.9. The molecular formula is C37H39N13O. The summed E-state index contributed by atoms with van der Waals surface area (Å²) in [7, 11) is 2.13. The Hall–Kier alpha value is -5.89. The van der Waals surface area contributed by atoms with Gasteiger partial charge >= 0.3 is 0 Å². The first-order chi connectivity index (χ1) is 24.9. The number of para-hydroxylation sites is 1. The van der Waals surface area contributed by atoms with Crippen LogP contribution in [0.25, 0.3) is 16.8 Å². The first-order valence-electron chi connectivity index (χ1n) is 17.5. The number of anilines is 5. The minimum atomic E-state index is 0.0441. The van der Waals surface area contributed by atoms with E-state index in [4.69, 9.17) is 15.1 Å². The van der Waals surface area contributed by atoms with E-state index < -0.39 is 0 Å². The summed E-state index contributed by atoms with van der Waals surface area (Å²) in [6, 6.07) is 18.1. The molecule has 0 saturated carbocycles. The number of benzene rings is 1. The van der Waals surface area contributed by atoms with Gasteiger partial charge in [-0.15, -0.1) is 0 Å². The number of hydrogen-bond acceptors (Lipinski definition) is 11. The maximum absolute atomic E-state index is 12.9. The molecule has 8 heterocycles. The van der Waals surface area contributed by atoms with E-state index in [0.29, 0.717) is 35.3 Å². The first-order valence-corrected chi connectivity index (χ1v) is 17.5. The highest BCUT2D eigenvalue weighted by atomic mass is 16.2. The average molecular weight is 682 g/mol. The minimum absolute atomic E-state index is 0.0441. The largest absolute Gasteiger partial charge is 0.366 e. The average Bonchev–Trinajstić information content (AvgIpc) is 3.88. The molecule has 1 aromatic carbocycles. The quantitative estimate of drug-likeness (QED) is 0.221. The Labute approximate surface area is 295 Å². The highest BCUT2D eigenvalue weighted by molar-refractivity contribution is 5.93. The van der Waals surface area contributed by atoms with Gasteiger partial charge in [0.1, 0.15) is 29.0 Å². The second-order valence-electron chi connectivity index (χ2n) is 13.7. The van der Waals surface area contributed by atoms with Crippen LogP contribution in [-0.4, -0.2) is 88.3 Å². The Balaban J connectivity index is 0.932. The van der Waals surface area contributed by atoms with Crippen molar-refractivity contribution in [2.75, 3.05) is 48.8 Å². The molecule has 2 N–H and O–H groups in total. The smallest absolute Gasteiger partial charge is 0.272 e. The topological polar surface area (TPSA) is 138 Å². The predicted molar refractivity (Wildman–Crippen MR) is 195 cm³/mol. The number of carbonyl (C=O) groups excluding carboxylic acids is 1. The van der Waals surface area contributed by atoms with E-state index in [0.717, 1.165) is 85.3 Å². The molecule has 51 heavy (non-hydrogen) atoms. The van der Waals surface area contributed by atoms with Crippen molar-refractivity contribution in [3.63, 3.8) is 0 Å². The Morgan fingerprint density at radius 1 is 0.882 bits per heavy atom. The SMILES string of the molecule is Cc1cc(Nc2cc(Nc3cccc4c3N(C)Cc3c-4cnn3C3CN(Cc4cccc(C(=O)N5CCCC5)n4)C3)n3nccc3n2)nc(C)n1. The van der Waals surface area contributed by atoms with Gasteiger partial charge in [-0.3, -0.25) is 14.4 Å². The Kier molecular flexibility index (Phi) is 7.60. The summed E-state index contributed by atoms with van der Waals surface area (Å²) in [6.45, 7) is 8.68. The van der Waals surface area contributed by atoms with Gasteiger partial charge in [0.15, 0.2) is 5.65 Å². The van der Waals surface area contributed by atoms with Gasteiger partial charge in [0.25, 0.3) is 5.91 Å². The summed E-state index contributed by atoms with van der Waals surface area (Å²) in [6.07, 6.45) is 5.90. The molecule has 5 aromatic heterocycles. The van der Waals surface area contributed by atoms with Crippen LogP contribution in [0.1, 0.15) is 52.3 Å². The molecule has 0 atom stereocenters. The van der Waals surface area contributed by atoms with Gasteiger partial charge in [0.05, 0.1) is 47.7 Å². The number of nitrogens with zero attached hydrogens (tertiary/aromatic N) is 11. The van der Waals surface area contributed by atoms with Gasteiger partial charge < -0.3 is 20.4 Å². The van der Waals surface area contributed by atoms with Crippen LogP contribution in [0.2, 0.25) is 0 Å². The minimum Gasteiger partial charge on any atom is -0.366 e. The molecule has 3 aliphatic rings. The van der Waals surface area contributed by atoms with Crippen molar-refractivity contribution in [3.8, 4) is 11.1 Å². The standard InChI is InChI=1S/C37H39N13O/c1-23-16-32(41-24(2)40-23)44-33-17-35(50-34(45-33)12-13-38-50)43-29-10-7-9-27-28-18-39-49(31(28)22-46(3)36(27)29)26-20-47(21-26)19-25-8-6-11-30(42-25)37(51)48-14-4-5-15-48/h6-13,16-18,26,43H,4-5,14-15,19-22H2,1-3H3,(H,40,41,44,45). The number of likely N-dealkylation sites (tertiary alicyclic amines) is 2. The van der Waals surface area contributed by atoms with E-state index >= 15 is 0 Å². The molecule has 0 unspecified atom stereocenters. The number of aromatic nitrogens is 8. The number of amides is 1. The van der Waals surface area contributed by atoms with Crippen molar-refractivity contribution < 1.29 is 4.79 Å². The van der Waals surface area contributed by atoms with Gasteiger partial charge in [-0.1, -0.05) is 18.2 Å². The Bertz CT molecular complexity index is 2260. The van der Waals surface area contributed by atoms with E-state index in [2.05, 4.69) is 65.4 Å². The molecule has 3 aliphatic heterocycles. The van der Waals surface area contributed by atoms with Crippen molar-refractivity contribution in [2.45, 2.75) is 45.8 Å². The van der Waals surface area contributed by atoms with Gasteiger partial charge in [-0.2, -0.15) is 14.7 Å². The second-order valence-corrected chi connectivity index (χ2v) is 13.7. The zero-order valence-electron chi connectivity index (χ0n) is 28.9. The monoisotopic (exact) mass is 681 g/mol. The number of rotatable bonds is 8. The maximum atomic E-state index is 12.9. The molecule has 14 nitrogen and oxygen atoms in total. The fourth-order valence-corrected chi connectivity index (χ4v) is 7.60. The molecule has 0 spiro atoms. The molecule has 258 valence electrons. The third-order valence-electron chi connectivity index (χ3n) is 9.93. The first kappa shape index (κ1) is 31.1. The third-order valence-corrected chi connectivity index (χ3v) is 9.93. The van der Waals surface area contributed by atoms with Crippen LogP contribution in [-0.2, 0) is 13.1 Å². The number of hydrogen-bond donors (Lipinski definition) is 2. The van der Waals surface area contributed by atoms with Crippen LogP contribution in [0, 0.1) is 13.8 Å². The highest BCUT2D eigenvalue weighted by Gasteiger charge is 2.34. The van der Waals surface area contributed by atoms with Crippen molar-refractivity contribution >= 4 is 40.4 Å². The predicted octanol–water partition coefficient (Wildman–Crippen LogP) is 5.12. The van der Waals surface area contributed by atoms with Gasteiger partial charge in [0, 0.05) is 74.8 Å². The number of nitrogens with one attached hydrogen (secondary N) is 2. The fourth-order valence-electron chi connectivity index (χ4n) is 7.60. The van der Waals surface area contributed by atoms with E-state index in [1.807, 2.05) is 61.3 Å². The molecule has 9 rings (SSSR count). The number of pyridine rings is 1. The van der Waals surface area contributed by atoms with Crippen molar-refractivity contribution in [1.29, 1.82) is 0 Å². The number of aryl methyl sites for hydroxylation is 2. The number of carbonyl (C=O) groups is 1. The molecule has 2 saturated heterocycles. The van der Waals surface area contributed by atoms with Crippen LogP contribution >= 0.6 is 0 Å². The Morgan fingerprint density at radius 2 is 1.71 bits per heavy atom. The van der Waals surface area contributed by atoms with Gasteiger partial charge in [-0.05, 0) is 44.9 Å². The molecule has 6 aromatic rings. The fraction of sp³-hybridized carbons (Fsp3) is 0.324. The lowest BCUT2D eigenvalue weighted by Gasteiger charge is -2.40. The lowest BCUT2D eigenvalue weighted by Crippen LogP contribution is -2.48. The maximum Gasteiger partial charge on any atom is 0.272 e. The zero-order chi connectivity index (χ0) is 34.6. The normalized spacial score (nSPS) is 15.9. The second kappa shape index (κ2) is 12.5. The molecule has 0 radical (unpaired) electrons. The van der Waals surface area contributed by atoms with Crippen LogP contribution in [0.4, 0.5) is 28.8 Å². The number of fused-ring (bicyclic) bond motifs is 4. The van der Waals surface area contributed by atoms with Crippen molar-refractivity contribution in [2.24, 2.45) is 0 Å². The van der Waals surface area contributed by atoms with Crippen LogP contribution in [0.15, 0.2) is 67.0 Å². The van der Waals surface area contributed by atoms with Gasteiger partial charge in [0.2, 0.25) is 0 Å². The van der Waals surface area contributed by atoms with Crippen LogP contribution in [0.5, 0.6) is 0 Å². The summed E-state index contributed by atoms with van der Waals surface area (Å²) in [5.74, 6) is 2.85. The molecule has 1 amide bonds. The van der Waals surface area contributed by atoms with Gasteiger partial charge in [-0.25, -0.2) is 19.9 Å². The third kappa shape index (κ3) is 5.80. The molecule has 0 bridgehead atoms. The molecule has 0 aliphatic carbocycles. The highest BCUT2D eigenvalue weighted by Crippen LogP contribution is 2.44. The van der Waals surface area contributed by atoms with E-state index in [-0.39, 0.29) is 11.9 Å². The van der Waals surface area contributed by atoms with Crippen molar-refractivity contribution in [1.82, 2.24) is 49.1 Å². The van der Waals surface area contributed by atoms with Crippen LogP contribution in [0.3, 0.4) is 0 Å². The van der Waals surface area contributed by atoms with E-state index in [9.17, 15) is 4.79 Å². The van der Waals surface area contributed by atoms with E-state index in [1.165, 1.54) is 5.69 Å². The molecule has 2 fully saturated rings.